The maximum Gasteiger partial charge on any atom is 0.438 e. The average molecular weight is 479 g/mol. The number of nitrogens with zero attached hydrogens (tertiary/aromatic N) is 1. The average Bonchev–Trinajstić information content (AvgIpc) is 2.55. The van der Waals surface area contributed by atoms with E-state index in [2.05, 4.69) is 0 Å². The lowest BCUT2D eigenvalue weighted by Gasteiger charge is -2.48. The van der Waals surface area contributed by atoms with Gasteiger partial charge in [0.15, 0.2) is 23.4 Å². The van der Waals surface area contributed by atoms with Crippen LogP contribution in [0.4, 0.5) is 50.9 Å². The van der Waals surface area contributed by atoms with Gasteiger partial charge in [0.05, 0.1) is 13.5 Å². The fourth-order valence-electron chi connectivity index (χ4n) is 4.68. The summed E-state index contributed by atoms with van der Waals surface area (Å²) >= 11 is 0. The first-order valence-corrected chi connectivity index (χ1v) is 9.50. The summed E-state index contributed by atoms with van der Waals surface area (Å²) in [6.45, 7) is 1.40. The highest BCUT2D eigenvalue weighted by Gasteiger charge is 2.74. The van der Waals surface area contributed by atoms with Gasteiger partial charge in [-0.1, -0.05) is 13.8 Å². The highest BCUT2D eigenvalue weighted by Crippen LogP contribution is 2.59. The van der Waals surface area contributed by atoms with E-state index in [1.54, 1.807) is 13.8 Å². The van der Waals surface area contributed by atoms with Crippen molar-refractivity contribution >= 4 is 17.3 Å². The fraction of sp³-hybridized carbons (Fsp3) is 0.632. The number of likely N-dealkylation sites (N-methyl/N-ethyl adjacent to an activating group) is 1. The van der Waals surface area contributed by atoms with Gasteiger partial charge in [0.1, 0.15) is 12.6 Å². The number of halogens is 9. The molecular formula is C19H20F9N2O2+. The number of ether oxygens (including phenoxy) is 1. The summed E-state index contributed by atoms with van der Waals surface area (Å²) in [5.41, 5.74) is -7.17. The van der Waals surface area contributed by atoms with Crippen molar-refractivity contribution < 1.29 is 49.0 Å². The highest BCUT2D eigenvalue weighted by molar-refractivity contribution is 5.97. The molecule has 1 unspecified atom stereocenters. The minimum Gasteiger partial charge on any atom is -0.481 e. The van der Waals surface area contributed by atoms with Crippen LogP contribution in [0, 0.1) is 5.92 Å². The van der Waals surface area contributed by atoms with Crippen LogP contribution in [0.1, 0.15) is 25.8 Å². The summed E-state index contributed by atoms with van der Waals surface area (Å²) in [5, 5.41) is 1.97. The first-order chi connectivity index (χ1) is 14.3. The number of hydrogen-bond acceptors (Lipinski definition) is 2. The molecule has 0 aliphatic carbocycles. The van der Waals surface area contributed by atoms with Crippen LogP contribution in [0.25, 0.3) is 0 Å². The predicted molar refractivity (Wildman–Crippen MR) is 96.2 cm³/mol. The number of rotatable bonds is 2. The summed E-state index contributed by atoms with van der Waals surface area (Å²) < 4.78 is 128. The lowest BCUT2D eigenvalue weighted by atomic mass is 9.72. The first-order valence-electron chi connectivity index (χ1n) is 9.50. The highest BCUT2D eigenvalue weighted by atomic mass is 19.4. The van der Waals surface area contributed by atoms with Crippen molar-refractivity contribution in [1.29, 1.82) is 0 Å². The zero-order chi connectivity index (χ0) is 24.5. The van der Waals surface area contributed by atoms with Crippen LogP contribution in [0.5, 0.6) is 5.75 Å². The van der Waals surface area contributed by atoms with Crippen LogP contribution in [0.3, 0.4) is 0 Å². The standard InChI is InChI=1S/C19H19F9N2O2/c1-9(2)13-7-32-14-5-11-10(4-12(14)30(13,3)8-17(20,21)22)16(18(23,24)25,19(26,27)28)6-15(31)29-11/h4-5,9,13H,6-8H2,1-3H3/p+1/t13-,30?/m0/s1. The van der Waals surface area contributed by atoms with Gasteiger partial charge < -0.3 is 10.1 Å². The van der Waals surface area contributed by atoms with Crippen LogP contribution in [0.2, 0.25) is 0 Å². The molecule has 0 bridgehead atoms. The van der Waals surface area contributed by atoms with Crippen LogP contribution >= 0.6 is 0 Å². The Bertz CT molecular complexity index is 907. The summed E-state index contributed by atoms with van der Waals surface area (Å²) in [4.78, 5) is 11.9. The predicted octanol–water partition coefficient (Wildman–Crippen LogP) is 5.31. The maximum atomic E-state index is 13.9. The molecule has 2 aliphatic rings. The lowest BCUT2D eigenvalue weighted by Crippen LogP contribution is -2.64. The molecule has 1 N–H and O–H groups in total. The van der Waals surface area contributed by atoms with E-state index in [0.717, 1.165) is 13.1 Å². The van der Waals surface area contributed by atoms with E-state index >= 15 is 0 Å². The third-order valence-electron chi connectivity index (χ3n) is 6.20. The van der Waals surface area contributed by atoms with Crippen molar-refractivity contribution in [3.63, 3.8) is 0 Å². The summed E-state index contributed by atoms with van der Waals surface area (Å²) in [6.07, 6.45) is -18.6. The lowest BCUT2D eigenvalue weighted by molar-refractivity contribution is -0.303. The Hall–Kier alpha value is -2.18. The van der Waals surface area contributed by atoms with Gasteiger partial charge in [0.2, 0.25) is 5.91 Å². The van der Waals surface area contributed by atoms with Gasteiger partial charge in [-0.3, -0.25) is 9.28 Å². The molecule has 0 fully saturated rings. The largest absolute Gasteiger partial charge is 0.481 e. The minimum absolute atomic E-state index is 0.242. The van der Waals surface area contributed by atoms with Crippen LogP contribution in [-0.4, -0.2) is 50.7 Å². The number of nitrogens with one attached hydrogen (secondary N) is 1. The van der Waals surface area contributed by atoms with Gasteiger partial charge in [-0.2, -0.15) is 39.5 Å². The van der Waals surface area contributed by atoms with E-state index in [1.165, 1.54) is 0 Å². The zero-order valence-electron chi connectivity index (χ0n) is 17.1. The van der Waals surface area contributed by atoms with Gasteiger partial charge in [-0.25, -0.2) is 0 Å². The number of amides is 1. The number of carbonyl (C=O) groups excluding carboxylic acids is 1. The quantitative estimate of drug-likeness (QED) is 0.462. The van der Waals surface area contributed by atoms with Gasteiger partial charge in [-0.15, -0.1) is 0 Å². The van der Waals surface area contributed by atoms with Crippen LogP contribution < -0.4 is 14.5 Å². The molecule has 3 rings (SSSR count). The van der Waals surface area contributed by atoms with Gasteiger partial charge in [0.25, 0.3) is 0 Å². The Morgan fingerprint density at radius 1 is 1.09 bits per heavy atom. The third kappa shape index (κ3) is 3.67. The van der Waals surface area contributed by atoms with Crippen molar-refractivity contribution in [3.05, 3.63) is 17.7 Å². The van der Waals surface area contributed by atoms with E-state index in [1.807, 2.05) is 5.32 Å². The van der Waals surface area contributed by atoms with Crippen molar-refractivity contribution in [2.45, 2.75) is 50.3 Å². The monoisotopic (exact) mass is 479 g/mol. The topological polar surface area (TPSA) is 38.3 Å². The van der Waals surface area contributed by atoms with Gasteiger partial charge in [-0.05, 0) is 0 Å². The summed E-state index contributed by atoms with van der Waals surface area (Å²) in [6, 6.07) is 0.314. The van der Waals surface area contributed by atoms with Crippen molar-refractivity contribution in [1.82, 2.24) is 4.48 Å². The number of anilines is 1. The number of alkyl halides is 9. The molecule has 32 heavy (non-hydrogen) atoms. The molecule has 0 saturated heterocycles. The number of quaternary nitrogens is 1. The van der Waals surface area contributed by atoms with Crippen LogP contribution in [-0.2, 0) is 10.2 Å². The van der Waals surface area contributed by atoms with Crippen molar-refractivity contribution in [2.24, 2.45) is 5.92 Å². The molecule has 2 atom stereocenters. The molecule has 0 aromatic heterocycles. The minimum atomic E-state index is -5.94. The van der Waals surface area contributed by atoms with Gasteiger partial charge in [0, 0.05) is 29.3 Å². The molecule has 13 heteroatoms. The van der Waals surface area contributed by atoms with Crippen LogP contribution in [0.15, 0.2) is 12.1 Å². The summed E-state index contributed by atoms with van der Waals surface area (Å²) in [7, 11) is 1.11. The molecule has 1 amide bonds. The second kappa shape index (κ2) is 7.16. The fourth-order valence-corrected chi connectivity index (χ4v) is 4.68. The molecule has 2 aliphatic heterocycles. The molecule has 0 saturated carbocycles. The third-order valence-corrected chi connectivity index (χ3v) is 6.20. The molecule has 2 heterocycles. The Kier molecular flexibility index (Phi) is 5.47. The second-order valence-electron chi connectivity index (χ2n) is 8.65. The Morgan fingerprint density at radius 3 is 2.12 bits per heavy atom. The van der Waals surface area contributed by atoms with Crippen molar-refractivity contribution in [3.8, 4) is 5.75 Å². The van der Waals surface area contributed by atoms with E-state index in [-0.39, 0.29) is 12.4 Å². The smallest absolute Gasteiger partial charge is 0.438 e. The molecule has 180 valence electrons. The molecule has 4 nitrogen and oxygen atoms in total. The van der Waals surface area contributed by atoms with Gasteiger partial charge >= 0.3 is 18.5 Å². The molecule has 0 spiro atoms. The Labute approximate surface area is 176 Å². The molecule has 1 aromatic carbocycles. The number of fused-ring (bicyclic) bond motifs is 2. The van der Waals surface area contributed by atoms with E-state index < -0.39 is 76.2 Å². The number of hydrogen-bond donors (Lipinski definition) is 1. The maximum absolute atomic E-state index is 13.9. The SMILES string of the molecule is CC(C)[C@@H]1COc2cc3c(cc2[N+]1(C)CC(F)(F)F)C(C(F)(F)F)(C(F)(F)F)CC(=O)N3. The second-order valence-corrected chi connectivity index (χ2v) is 8.65. The van der Waals surface area contributed by atoms with E-state index in [4.69, 9.17) is 4.74 Å². The summed E-state index contributed by atoms with van der Waals surface area (Å²) in [5.74, 6) is -2.27. The van der Waals surface area contributed by atoms with E-state index in [0.29, 0.717) is 6.07 Å². The normalized spacial score (nSPS) is 25.7. The first kappa shape index (κ1) is 24.5. The molecule has 1 aromatic rings. The number of benzene rings is 1. The molecule has 0 radical (unpaired) electrons. The number of carbonyl (C=O) groups is 1. The molecular weight excluding hydrogens is 459 g/mol. The Morgan fingerprint density at radius 2 is 1.66 bits per heavy atom. The van der Waals surface area contributed by atoms with E-state index in [9.17, 15) is 44.3 Å². The van der Waals surface area contributed by atoms with Crippen molar-refractivity contribution in [2.75, 3.05) is 25.5 Å². The zero-order valence-corrected chi connectivity index (χ0v) is 17.1. The Balaban J connectivity index is 2.36.